The molecule has 29 heavy (non-hydrogen) atoms. The van der Waals surface area contributed by atoms with Crippen LogP contribution in [0.25, 0.3) is 0 Å². The van der Waals surface area contributed by atoms with Gasteiger partial charge in [0.25, 0.3) is 0 Å². The summed E-state index contributed by atoms with van der Waals surface area (Å²) in [5.41, 5.74) is 2.19. The quantitative estimate of drug-likeness (QED) is 0.783. The molecule has 6 nitrogen and oxygen atoms in total. The average molecular weight is 417 g/mol. The minimum Gasteiger partial charge on any atom is -0.497 e. The number of anilines is 1. The van der Waals surface area contributed by atoms with Gasteiger partial charge in [-0.2, -0.15) is 0 Å². The highest BCUT2D eigenvalue weighted by molar-refractivity contribution is 7.89. The molecule has 0 aliphatic carbocycles. The molecule has 0 saturated carbocycles. The van der Waals surface area contributed by atoms with E-state index in [2.05, 4.69) is 4.72 Å². The maximum Gasteiger partial charge on any atom is 0.240 e. The second-order valence-corrected chi connectivity index (χ2v) is 10.1. The normalized spacial score (nSPS) is 15.4. The number of ether oxygens (including phenoxy) is 1. The van der Waals surface area contributed by atoms with E-state index in [1.165, 1.54) is 0 Å². The number of amides is 1. The summed E-state index contributed by atoms with van der Waals surface area (Å²) in [5, 5.41) is 0. The number of benzene rings is 2. The van der Waals surface area contributed by atoms with Gasteiger partial charge in [-0.3, -0.25) is 4.79 Å². The average Bonchev–Trinajstić information content (AvgIpc) is 2.96. The maximum absolute atomic E-state index is 12.8. The molecule has 0 atom stereocenters. The Morgan fingerprint density at radius 1 is 1.17 bits per heavy atom. The fourth-order valence-corrected chi connectivity index (χ4v) is 4.58. The standard InChI is InChI=1S/C22H28N2O4S/c1-15(2)21(25)24-14-22(3,4)19-12-18(10-11-20(19)24)29(26,27)23-13-16-6-8-17(28-5)9-7-16/h6-12,15,23H,13-14H2,1-5H3. The van der Waals surface area contributed by atoms with E-state index >= 15 is 0 Å². The first-order valence-corrected chi connectivity index (χ1v) is 11.1. The van der Waals surface area contributed by atoms with Crippen LogP contribution in [0.1, 0.15) is 38.8 Å². The second-order valence-electron chi connectivity index (χ2n) is 8.31. The number of carbonyl (C=O) groups excluding carboxylic acids is 1. The SMILES string of the molecule is COc1ccc(CNS(=O)(=O)c2ccc3c(c2)C(C)(C)CN3C(=O)C(C)C)cc1. The molecule has 3 rings (SSSR count). The smallest absolute Gasteiger partial charge is 0.240 e. The molecule has 2 aromatic carbocycles. The van der Waals surface area contributed by atoms with E-state index in [4.69, 9.17) is 4.74 Å². The zero-order valence-corrected chi connectivity index (χ0v) is 18.3. The van der Waals surface area contributed by atoms with Crippen molar-refractivity contribution in [1.29, 1.82) is 0 Å². The highest BCUT2D eigenvalue weighted by Gasteiger charge is 2.39. The highest BCUT2D eigenvalue weighted by atomic mass is 32.2. The van der Waals surface area contributed by atoms with Gasteiger partial charge in [-0.25, -0.2) is 13.1 Å². The lowest BCUT2D eigenvalue weighted by molar-refractivity contribution is -0.121. The first kappa shape index (κ1) is 21.3. The van der Waals surface area contributed by atoms with Crippen LogP contribution >= 0.6 is 0 Å². The molecule has 0 unspecified atom stereocenters. The van der Waals surface area contributed by atoms with Crippen molar-refractivity contribution in [3.05, 3.63) is 53.6 Å². The van der Waals surface area contributed by atoms with Crippen LogP contribution in [0.4, 0.5) is 5.69 Å². The molecule has 156 valence electrons. The van der Waals surface area contributed by atoms with Crippen molar-refractivity contribution in [2.24, 2.45) is 5.92 Å². The predicted molar refractivity (Wildman–Crippen MR) is 114 cm³/mol. The summed E-state index contributed by atoms with van der Waals surface area (Å²) in [6, 6.07) is 12.2. The molecule has 0 aromatic heterocycles. The van der Waals surface area contributed by atoms with E-state index in [-0.39, 0.29) is 28.7 Å². The fraction of sp³-hybridized carbons (Fsp3) is 0.409. The van der Waals surface area contributed by atoms with Gasteiger partial charge in [-0.1, -0.05) is 39.8 Å². The van der Waals surface area contributed by atoms with E-state index in [9.17, 15) is 13.2 Å². The van der Waals surface area contributed by atoms with Crippen LogP contribution in [0.2, 0.25) is 0 Å². The van der Waals surface area contributed by atoms with Gasteiger partial charge < -0.3 is 9.64 Å². The van der Waals surface area contributed by atoms with Crippen LogP contribution in [0, 0.1) is 5.92 Å². The van der Waals surface area contributed by atoms with Gasteiger partial charge in [0.2, 0.25) is 15.9 Å². The third-order valence-corrected chi connectivity index (χ3v) is 6.64. The van der Waals surface area contributed by atoms with Crippen molar-refractivity contribution >= 4 is 21.6 Å². The molecule has 2 aromatic rings. The van der Waals surface area contributed by atoms with Crippen LogP contribution in [-0.4, -0.2) is 28.0 Å². The first-order chi connectivity index (χ1) is 13.5. The number of hydrogen-bond acceptors (Lipinski definition) is 4. The number of carbonyl (C=O) groups is 1. The van der Waals surface area contributed by atoms with Crippen LogP contribution in [0.3, 0.4) is 0 Å². The molecule has 7 heteroatoms. The Morgan fingerprint density at radius 3 is 2.41 bits per heavy atom. The zero-order chi connectivity index (χ0) is 21.4. The summed E-state index contributed by atoms with van der Waals surface area (Å²) >= 11 is 0. The Labute approximate surface area is 172 Å². The molecule has 0 spiro atoms. The van der Waals surface area contributed by atoms with Crippen molar-refractivity contribution < 1.29 is 17.9 Å². The lowest BCUT2D eigenvalue weighted by atomic mass is 9.87. The topological polar surface area (TPSA) is 75.7 Å². The molecular weight excluding hydrogens is 388 g/mol. The fourth-order valence-electron chi connectivity index (χ4n) is 3.54. The summed E-state index contributed by atoms with van der Waals surface area (Å²) in [5.74, 6) is 0.648. The minimum absolute atomic E-state index is 0.0464. The van der Waals surface area contributed by atoms with Gasteiger partial charge in [0.05, 0.1) is 12.0 Å². The zero-order valence-electron chi connectivity index (χ0n) is 17.5. The number of hydrogen-bond donors (Lipinski definition) is 1. The summed E-state index contributed by atoms with van der Waals surface area (Å²) in [6.07, 6.45) is 0. The Morgan fingerprint density at radius 2 is 1.83 bits per heavy atom. The van der Waals surface area contributed by atoms with E-state index in [1.807, 2.05) is 39.8 Å². The van der Waals surface area contributed by atoms with Gasteiger partial charge in [0.1, 0.15) is 5.75 Å². The third-order valence-electron chi connectivity index (χ3n) is 5.24. The van der Waals surface area contributed by atoms with Gasteiger partial charge in [0.15, 0.2) is 0 Å². The van der Waals surface area contributed by atoms with Crippen molar-refractivity contribution in [2.45, 2.75) is 44.6 Å². The lowest BCUT2D eigenvalue weighted by Gasteiger charge is -2.22. The Kier molecular flexibility index (Phi) is 5.74. The second kappa shape index (κ2) is 7.80. The molecule has 1 amide bonds. The van der Waals surface area contributed by atoms with E-state index in [1.54, 1.807) is 42.3 Å². The van der Waals surface area contributed by atoms with E-state index < -0.39 is 10.0 Å². The Balaban J connectivity index is 1.84. The van der Waals surface area contributed by atoms with E-state index in [0.717, 1.165) is 22.6 Å². The van der Waals surface area contributed by atoms with Crippen molar-refractivity contribution in [2.75, 3.05) is 18.6 Å². The molecule has 1 N–H and O–H groups in total. The Hall–Kier alpha value is -2.38. The van der Waals surface area contributed by atoms with Crippen LogP contribution in [-0.2, 0) is 26.8 Å². The van der Waals surface area contributed by atoms with Crippen LogP contribution in [0.15, 0.2) is 47.4 Å². The molecule has 0 radical (unpaired) electrons. The summed E-state index contributed by atoms with van der Waals surface area (Å²) < 4.78 is 33.5. The van der Waals surface area contributed by atoms with Crippen molar-refractivity contribution in [3.63, 3.8) is 0 Å². The molecule has 1 aliphatic heterocycles. The number of nitrogens with zero attached hydrogens (tertiary/aromatic N) is 1. The molecular formula is C22H28N2O4S. The van der Waals surface area contributed by atoms with Crippen molar-refractivity contribution in [1.82, 2.24) is 4.72 Å². The summed E-state index contributed by atoms with van der Waals surface area (Å²) in [4.78, 5) is 14.5. The van der Waals surface area contributed by atoms with Crippen molar-refractivity contribution in [3.8, 4) is 5.75 Å². The van der Waals surface area contributed by atoms with Gasteiger partial charge in [-0.15, -0.1) is 0 Å². The third kappa shape index (κ3) is 4.31. The monoisotopic (exact) mass is 416 g/mol. The molecule has 0 fully saturated rings. The molecule has 0 bridgehead atoms. The van der Waals surface area contributed by atoms with Gasteiger partial charge >= 0.3 is 0 Å². The summed E-state index contributed by atoms with van der Waals surface area (Å²) in [7, 11) is -2.10. The highest BCUT2D eigenvalue weighted by Crippen LogP contribution is 2.42. The minimum atomic E-state index is -3.68. The number of rotatable bonds is 6. The van der Waals surface area contributed by atoms with Crippen LogP contribution in [0.5, 0.6) is 5.75 Å². The van der Waals surface area contributed by atoms with Crippen LogP contribution < -0.4 is 14.4 Å². The molecule has 1 heterocycles. The van der Waals surface area contributed by atoms with Gasteiger partial charge in [-0.05, 0) is 41.5 Å². The van der Waals surface area contributed by atoms with E-state index in [0.29, 0.717) is 6.54 Å². The molecule has 0 saturated heterocycles. The largest absolute Gasteiger partial charge is 0.497 e. The van der Waals surface area contributed by atoms with Gasteiger partial charge in [0, 0.05) is 30.1 Å². The molecule has 1 aliphatic rings. The number of sulfonamides is 1. The Bertz CT molecular complexity index is 1010. The predicted octanol–water partition coefficient (Wildman–Crippen LogP) is 3.45. The first-order valence-electron chi connectivity index (χ1n) is 9.63. The number of methoxy groups -OCH3 is 1. The lowest BCUT2D eigenvalue weighted by Crippen LogP contribution is -2.36. The number of nitrogens with one attached hydrogen (secondary N) is 1. The summed E-state index contributed by atoms with van der Waals surface area (Å²) in [6.45, 7) is 8.53. The maximum atomic E-state index is 12.8. The number of fused-ring (bicyclic) bond motifs is 1.